The van der Waals surface area contributed by atoms with Crippen LogP contribution in [0.4, 0.5) is 5.69 Å². The lowest BCUT2D eigenvalue weighted by Crippen LogP contribution is -2.36. The molecule has 1 aliphatic heterocycles. The molecule has 0 saturated carbocycles. The number of rotatable bonds is 8. The van der Waals surface area contributed by atoms with E-state index < -0.39 is 6.04 Å². The minimum absolute atomic E-state index is 0.0550. The number of benzene rings is 3. The van der Waals surface area contributed by atoms with Gasteiger partial charge in [-0.25, -0.2) is 0 Å². The van der Waals surface area contributed by atoms with Gasteiger partial charge in [0.25, 0.3) is 0 Å². The number of nitrogens with zero attached hydrogens (tertiary/aromatic N) is 1. The number of morpholine rings is 1. The van der Waals surface area contributed by atoms with Crippen molar-refractivity contribution >= 4 is 11.6 Å². The second-order valence-corrected chi connectivity index (χ2v) is 8.69. The van der Waals surface area contributed by atoms with Crippen molar-refractivity contribution in [2.24, 2.45) is 0 Å². The van der Waals surface area contributed by atoms with E-state index in [-0.39, 0.29) is 5.91 Å². The summed E-state index contributed by atoms with van der Waals surface area (Å²) in [5, 5.41) is 6.67. The summed E-state index contributed by atoms with van der Waals surface area (Å²) in [4.78, 5) is 15.8. The Bertz CT molecular complexity index is 1060. The normalized spacial score (nSPS) is 15.2. The molecule has 4 rings (SSSR count). The van der Waals surface area contributed by atoms with Crippen LogP contribution in [0.2, 0.25) is 0 Å². The summed E-state index contributed by atoms with van der Waals surface area (Å²) in [5.41, 5.74) is 6.48. The highest BCUT2D eigenvalue weighted by atomic mass is 16.5. The second-order valence-electron chi connectivity index (χ2n) is 8.69. The summed E-state index contributed by atoms with van der Waals surface area (Å²) in [7, 11) is 0. The van der Waals surface area contributed by atoms with E-state index in [0.717, 1.165) is 55.2 Å². The quantitative estimate of drug-likeness (QED) is 0.534. The molecular formula is C28H33N3O2. The van der Waals surface area contributed by atoms with Gasteiger partial charge in [-0.05, 0) is 47.7 Å². The number of carbonyl (C=O) groups excluding carboxylic acids is 1. The fraction of sp³-hybridized carbons (Fsp3) is 0.321. The molecule has 172 valence electrons. The average Bonchev–Trinajstić information content (AvgIpc) is 2.84. The van der Waals surface area contributed by atoms with E-state index in [1.165, 1.54) is 11.1 Å². The zero-order chi connectivity index (χ0) is 23.0. The standard InChI is InChI=1S/C28H33N3O2/c1-21-12-13-22(2)26(18-21)30-28(32)27(23-8-4-3-5-9-23)29-19-24-10-6-7-11-25(24)20-31-14-16-33-17-15-31/h3-13,18,27,29H,14-17,19-20H2,1-2H3,(H,30,32)/t27-/m1/s1. The van der Waals surface area contributed by atoms with Crippen LogP contribution in [0.1, 0.15) is 33.9 Å². The zero-order valence-corrected chi connectivity index (χ0v) is 19.5. The molecule has 0 bridgehead atoms. The smallest absolute Gasteiger partial charge is 0.246 e. The van der Waals surface area contributed by atoms with Crippen molar-refractivity contribution in [1.82, 2.24) is 10.2 Å². The summed E-state index contributed by atoms with van der Waals surface area (Å²) < 4.78 is 5.49. The first-order valence-electron chi connectivity index (χ1n) is 11.6. The maximum atomic E-state index is 13.4. The van der Waals surface area contributed by atoms with Crippen molar-refractivity contribution < 1.29 is 9.53 Å². The van der Waals surface area contributed by atoms with Crippen LogP contribution in [0.3, 0.4) is 0 Å². The van der Waals surface area contributed by atoms with Crippen molar-refractivity contribution in [2.45, 2.75) is 33.0 Å². The molecule has 1 heterocycles. The molecule has 3 aromatic rings. The summed E-state index contributed by atoms with van der Waals surface area (Å²) in [6.07, 6.45) is 0. The van der Waals surface area contributed by atoms with Crippen LogP contribution >= 0.6 is 0 Å². The summed E-state index contributed by atoms with van der Waals surface area (Å²) in [5.74, 6) is -0.0550. The number of hydrogen-bond donors (Lipinski definition) is 2. The molecule has 33 heavy (non-hydrogen) atoms. The highest BCUT2D eigenvalue weighted by Gasteiger charge is 2.21. The van der Waals surface area contributed by atoms with Gasteiger partial charge in [0.15, 0.2) is 0 Å². The zero-order valence-electron chi connectivity index (χ0n) is 19.5. The molecule has 5 nitrogen and oxygen atoms in total. The molecule has 2 N–H and O–H groups in total. The third kappa shape index (κ3) is 6.29. The first-order chi connectivity index (χ1) is 16.1. The van der Waals surface area contributed by atoms with Gasteiger partial charge in [0.05, 0.1) is 13.2 Å². The number of carbonyl (C=O) groups is 1. The molecule has 0 radical (unpaired) electrons. The van der Waals surface area contributed by atoms with E-state index in [4.69, 9.17) is 4.74 Å². The monoisotopic (exact) mass is 443 g/mol. The van der Waals surface area contributed by atoms with Gasteiger partial charge in [0, 0.05) is 31.9 Å². The lowest BCUT2D eigenvalue weighted by atomic mass is 10.0. The summed E-state index contributed by atoms with van der Waals surface area (Å²) in [6.45, 7) is 9.03. The molecule has 0 unspecified atom stereocenters. The topological polar surface area (TPSA) is 53.6 Å². The Kier molecular flexibility index (Phi) is 7.89. The molecule has 1 atom stereocenters. The van der Waals surface area contributed by atoms with E-state index in [1.807, 2.05) is 56.3 Å². The number of aryl methyl sites for hydroxylation is 2. The Morgan fingerprint density at radius 1 is 0.939 bits per heavy atom. The lowest BCUT2D eigenvalue weighted by Gasteiger charge is -2.27. The fourth-order valence-corrected chi connectivity index (χ4v) is 4.18. The molecule has 0 aliphatic carbocycles. The maximum absolute atomic E-state index is 13.4. The minimum Gasteiger partial charge on any atom is -0.379 e. The van der Waals surface area contributed by atoms with Crippen molar-refractivity contribution in [3.63, 3.8) is 0 Å². The molecule has 1 fully saturated rings. The van der Waals surface area contributed by atoms with E-state index in [9.17, 15) is 4.79 Å². The minimum atomic E-state index is -0.456. The number of amides is 1. The van der Waals surface area contributed by atoms with Crippen molar-refractivity contribution in [3.8, 4) is 0 Å². The molecule has 1 aliphatic rings. The second kappa shape index (κ2) is 11.2. The third-order valence-electron chi connectivity index (χ3n) is 6.16. The van der Waals surface area contributed by atoms with Crippen molar-refractivity contribution in [1.29, 1.82) is 0 Å². The predicted molar refractivity (Wildman–Crippen MR) is 133 cm³/mol. The van der Waals surface area contributed by atoms with Gasteiger partial charge in [0.2, 0.25) is 5.91 Å². The van der Waals surface area contributed by atoms with E-state index >= 15 is 0 Å². The molecule has 5 heteroatoms. The largest absolute Gasteiger partial charge is 0.379 e. The Balaban J connectivity index is 1.51. The molecule has 3 aromatic carbocycles. The SMILES string of the molecule is Cc1ccc(C)c(NC(=O)[C@H](NCc2ccccc2CN2CCOCC2)c2ccccc2)c1. The van der Waals surface area contributed by atoms with Gasteiger partial charge in [0.1, 0.15) is 6.04 Å². The number of hydrogen-bond acceptors (Lipinski definition) is 4. The van der Waals surface area contributed by atoms with Gasteiger partial charge < -0.3 is 10.1 Å². The highest BCUT2D eigenvalue weighted by molar-refractivity contribution is 5.96. The predicted octanol–water partition coefficient (Wildman–Crippen LogP) is 4.61. The van der Waals surface area contributed by atoms with Gasteiger partial charge >= 0.3 is 0 Å². The average molecular weight is 444 g/mol. The Morgan fingerprint density at radius 2 is 1.64 bits per heavy atom. The molecule has 1 amide bonds. The Morgan fingerprint density at radius 3 is 2.39 bits per heavy atom. The first kappa shape index (κ1) is 23.2. The summed E-state index contributed by atoms with van der Waals surface area (Å²) in [6, 6.07) is 24.1. The fourth-order valence-electron chi connectivity index (χ4n) is 4.18. The van der Waals surface area contributed by atoms with Gasteiger partial charge in [-0.2, -0.15) is 0 Å². The maximum Gasteiger partial charge on any atom is 0.246 e. The van der Waals surface area contributed by atoms with Crippen LogP contribution in [0.15, 0.2) is 72.8 Å². The van der Waals surface area contributed by atoms with Crippen LogP contribution in [0.5, 0.6) is 0 Å². The molecular weight excluding hydrogens is 410 g/mol. The Labute approximate surface area is 196 Å². The lowest BCUT2D eigenvalue weighted by molar-refractivity contribution is -0.118. The van der Waals surface area contributed by atoms with Crippen LogP contribution in [0.25, 0.3) is 0 Å². The van der Waals surface area contributed by atoms with Crippen LogP contribution in [0, 0.1) is 13.8 Å². The summed E-state index contributed by atoms with van der Waals surface area (Å²) >= 11 is 0. The highest BCUT2D eigenvalue weighted by Crippen LogP contribution is 2.21. The Hall–Kier alpha value is -2.99. The van der Waals surface area contributed by atoms with Gasteiger partial charge in [-0.1, -0.05) is 66.7 Å². The molecule has 0 spiro atoms. The first-order valence-corrected chi connectivity index (χ1v) is 11.6. The van der Waals surface area contributed by atoms with Crippen LogP contribution < -0.4 is 10.6 Å². The van der Waals surface area contributed by atoms with Crippen molar-refractivity contribution in [2.75, 3.05) is 31.6 Å². The third-order valence-corrected chi connectivity index (χ3v) is 6.16. The van der Waals surface area contributed by atoms with Crippen LogP contribution in [-0.2, 0) is 22.6 Å². The number of nitrogens with one attached hydrogen (secondary N) is 2. The molecule has 1 saturated heterocycles. The van der Waals surface area contributed by atoms with Gasteiger partial charge in [-0.15, -0.1) is 0 Å². The van der Waals surface area contributed by atoms with Crippen molar-refractivity contribution in [3.05, 3.63) is 101 Å². The van der Waals surface area contributed by atoms with E-state index in [0.29, 0.717) is 6.54 Å². The molecule has 0 aromatic heterocycles. The number of ether oxygens (including phenoxy) is 1. The van der Waals surface area contributed by atoms with E-state index in [1.54, 1.807) is 0 Å². The van der Waals surface area contributed by atoms with E-state index in [2.05, 4.69) is 45.9 Å². The van der Waals surface area contributed by atoms with Crippen LogP contribution in [-0.4, -0.2) is 37.1 Å². The number of anilines is 1. The van der Waals surface area contributed by atoms with Gasteiger partial charge in [-0.3, -0.25) is 15.0 Å².